The molecule has 2 aromatic heterocycles. The molecule has 8 nitrogen and oxygen atoms in total. The molecular formula is C25H23ClF3N5O3S. The number of alkyl halides is 3. The maximum absolute atomic E-state index is 13.1. The summed E-state index contributed by atoms with van der Waals surface area (Å²) in [6.07, 6.45) is -0.201. The smallest absolute Gasteiger partial charge is 0.375 e. The first-order valence-corrected chi connectivity index (χ1v) is 12.8. The number of benzene rings is 1. The van der Waals surface area contributed by atoms with E-state index in [0.29, 0.717) is 23.1 Å². The second kappa shape index (κ2) is 11.1. The van der Waals surface area contributed by atoms with Crippen molar-refractivity contribution in [3.8, 4) is 0 Å². The molecule has 3 unspecified atom stereocenters. The highest BCUT2D eigenvalue weighted by Gasteiger charge is 2.34. The van der Waals surface area contributed by atoms with E-state index in [-0.39, 0.29) is 28.6 Å². The number of hydrogen-bond acceptors (Lipinski definition) is 7. The van der Waals surface area contributed by atoms with Crippen molar-refractivity contribution in [1.29, 1.82) is 0 Å². The van der Waals surface area contributed by atoms with E-state index in [1.165, 1.54) is 6.20 Å². The van der Waals surface area contributed by atoms with Crippen molar-refractivity contribution in [3.63, 3.8) is 0 Å². The van der Waals surface area contributed by atoms with Gasteiger partial charge in [0.05, 0.1) is 28.9 Å². The second-order valence-corrected chi connectivity index (χ2v) is 10.3. The summed E-state index contributed by atoms with van der Waals surface area (Å²) in [5, 5.41) is 8.22. The quantitative estimate of drug-likeness (QED) is 0.325. The maximum Gasteiger partial charge on any atom is 0.418 e. The van der Waals surface area contributed by atoms with E-state index in [1.807, 2.05) is 6.92 Å². The molecule has 0 saturated heterocycles. The molecule has 3 heterocycles. The standard InChI is InChI=1S/C25H23ClF3N5O3S/c1-3-13-6-15-7-14(4-5-18(15)33-19(13)11-35)22(36)32-12(2)24-31-10-20(38-24)23(37)34-21-8-16(25(27,28)29)17(26)9-30-21/h4-5,7-13,19,33H,3,6H2,1-2H3,(H,32,36)(H,30,34,37). The van der Waals surface area contributed by atoms with Crippen LogP contribution in [0, 0.1) is 5.92 Å². The van der Waals surface area contributed by atoms with E-state index in [9.17, 15) is 27.6 Å². The number of nitrogens with zero attached hydrogens (tertiary/aromatic N) is 2. The minimum absolute atomic E-state index is 0.126. The van der Waals surface area contributed by atoms with Crippen LogP contribution < -0.4 is 16.0 Å². The third kappa shape index (κ3) is 5.97. The van der Waals surface area contributed by atoms with Gasteiger partial charge in [0, 0.05) is 17.4 Å². The van der Waals surface area contributed by atoms with E-state index >= 15 is 0 Å². The molecule has 3 N–H and O–H groups in total. The number of fused-ring (bicyclic) bond motifs is 1. The lowest BCUT2D eigenvalue weighted by Gasteiger charge is -2.31. The number of anilines is 2. The number of carbonyl (C=O) groups excluding carboxylic acids is 3. The van der Waals surface area contributed by atoms with Gasteiger partial charge in [-0.25, -0.2) is 9.97 Å². The Morgan fingerprint density at radius 2 is 2.00 bits per heavy atom. The van der Waals surface area contributed by atoms with Crippen LogP contribution in [0.15, 0.2) is 36.7 Å². The molecule has 38 heavy (non-hydrogen) atoms. The molecule has 200 valence electrons. The van der Waals surface area contributed by atoms with E-state index in [0.717, 1.165) is 41.5 Å². The highest BCUT2D eigenvalue weighted by atomic mass is 35.5. The van der Waals surface area contributed by atoms with E-state index < -0.39 is 28.7 Å². The Balaban J connectivity index is 1.41. The van der Waals surface area contributed by atoms with Gasteiger partial charge in [0.1, 0.15) is 22.0 Å². The second-order valence-electron chi connectivity index (χ2n) is 8.81. The fourth-order valence-electron chi connectivity index (χ4n) is 4.13. The van der Waals surface area contributed by atoms with Gasteiger partial charge in [-0.15, -0.1) is 11.3 Å². The molecule has 2 amide bonds. The number of nitrogens with one attached hydrogen (secondary N) is 3. The molecule has 1 aliphatic heterocycles. The number of aromatic nitrogens is 2. The van der Waals surface area contributed by atoms with Crippen molar-refractivity contribution in [1.82, 2.24) is 15.3 Å². The van der Waals surface area contributed by atoms with Crippen LogP contribution >= 0.6 is 22.9 Å². The zero-order valence-corrected chi connectivity index (χ0v) is 21.8. The lowest BCUT2D eigenvalue weighted by Crippen LogP contribution is -2.36. The predicted molar refractivity (Wildman–Crippen MR) is 138 cm³/mol. The van der Waals surface area contributed by atoms with Crippen LogP contribution in [-0.4, -0.2) is 34.1 Å². The van der Waals surface area contributed by atoms with Crippen molar-refractivity contribution in [2.24, 2.45) is 5.92 Å². The van der Waals surface area contributed by atoms with Gasteiger partial charge in [-0.1, -0.05) is 24.9 Å². The lowest BCUT2D eigenvalue weighted by atomic mass is 9.85. The van der Waals surface area contributed by atoms with Crippen LogP contribution in [0.5, 0.6) is 0 Å². The van der Waals surface area contributed by atoms with Crippen molar-refractivity contribution < 1.29 is 27.6 Å². The Bertz CT molecular complexity index is 1380. The number of aldehydes is 1. The Morgan fingerprint density at radius 3 is 2.68 bits per heavy atom. The van der Waals surface area contributed by atoms with Crippen LogP contribution in [0.4, 0.5) is 24.7 Å². The summed E-state index contributed by atoms with van der Waals surface area (Å²) in [7, 11) is 0. The van der Waals surface area contributed by atoms with Crippen LogP contribution in [0.3, 0.4) is 0 Å². The third-order valence-electron chi connectivity index (χ3n) is 6.22. The van der Waals surface area contributed by atoms with Gasteiger partial charge < -0.3 is 20.7 Å². The SMILES string of the molecule is CCC1Cc2cc(C(=O)NC(C)c3ncc(C(=O)Nc4cc(C(F)(F)F)c(Cl)cn4)s3)ccc2NC1C=O. The molecular weight excluding hydrogens is 543 g/mol. The largest absolute Gasteiger partial charge is 0.418 e. The summed E-state index contributed by atoms with van der Waals surface area (Å²) >= 11 is 6.55. The minimum atomic E-state index is -4.70. The number of carbonyl (C=O) groups is 3. The lowest BCUT2D eigenvalue weighted by molar-refractivity contribution is -0.137. The van der Waals surface area contributed by atoms with Gasteiger partial charge in [-0.2, -0.15) is 13.2 Å². The number of hydrogen-bond donors (Lipinski definition) is 3. The Labute approximate surface area is 225 Å². The molecule has 13 heteroatoms. The fourth-order valence-corrected chi connectivity index (χ4v) is 5.16. The normalized spacial score (nSPS) is 17.6. The van der Waals surface area contributed by atoms with Crippen molar-refractivity contribution in [2.45, 2.75) is 44.9 Å². The molecule has 0 fully saturated rings. The molecule has 3 aromatic rings. The Morgan fingerprint density at radius 1 is 1.24 bits per heavy atom. The molecule has 0 aliphatic carbocycles. The van der Waals surface area contributed by atoms with Crippen LogP contribution in [0.1, 0.15) is 62.5 Å². The van der Waals surface area contributed by atoms with Crippen molar-refractivity contribution in [3.05, 3.63) is 68.3 Å². The topological polar surface area (TPSA) is 113 Å². The average Bonchev–Trinajstić information content (AvgIpc) is 3.38. The predicted octanol–water partition coefficient (Wildman–Crippen LogP) is 5.52. The minimum Gasteiger partial charge on any atom is -0.375 e. The molecule has 0 saturated carbocycles. The van der Waals surface area contributed by atoms with Crippen LogP contribution in [0.2, 0.25) is 5.02 Å². The summed E-state index contributed by atoms with van der Waals surface area (Å²) in [6, 6.07) is 5.08. The molecule has 0 spiro atoms. The molecule has 1 aromatic carbocycles. The van der Waals surface area contributed by atoms with Crippen LogP contribution in [-0.2, 0) is 17.4 Å². The maximum atomic E-state index is 13.1. The summed E-state index contributed by atoms with van der Waals surface area (Å²) in [4.78, 5) is 44.9. The fraction of sp³-hybridized carbons (Fsp3) is 0.320. The van der Waals surface area contributed by atoms with Crippen LogP contribution in [0.25, 0.3) is 0 Å². The first-order valence-electron chi connectivity index (χ1n) is 11.7. The van der Waals surface area contributed by atoms with Gasteiger partial charge >= 0.3 is 6.18 Å². The number of rotatable bonds is 7. The van der Waals surface area contributed by atoms with E-state index in [2.05, 4.69) is 25.9 Å². The molecule has 3 atom stereocenters. The summed E-state index contributed by atoms with van der Waals surface area (Å²) in [6.45, 7) is 3.72. The number of halogens is 4. The highest BCUT2D eigenvalue weighted by Crippen LogP contribution is 2.35. The highest BCUT2D eigenvalue weighted by molar-refractivity contribution is 7.13. The Kier molecular flexibility index (Phi) is 8.02. The van der Waals surface area contributed by atoms with Gasteiger partial charge in [0.2, 0.25) is 0 Å². The molecule has 4 rings (SSSR count). The Hall–Kier alpha value is -3.51. The number of thiazole rings is 1. The van der Waals surface area contributed by atoms with Gasteiger partial charge in [0.15, 0.2) is 0 Å². The average molecular weight is 566 g/mol. The van der Waals surface area contributed by atoms with Gasteiger partial charge in [-0.3, -0.25) is 9.59 Å². The third-order valence-corrected chi connectivity index (χ3v) is 7.70. The molecule has 0 bridgehead atoms. The zero-order chi connectivity index (χ0) is 27.6. The van der Waals surface area contributed by atoms with Crippen molar-refractivity contribution in [2.75, 3.05) is 10.6 Å². The van der Waals surface area contributed by atoms with Gasteiger partial charge in [-0.05, 0) is 49.1 Å². The monoisotopic (exact) mass is 565 g/mol. The first-order chi connectivity index (χ1) is 18.0. The first kappa shape index (κ1) is 27.5. The van der Waals surface area contributed by atoms with Gasteiger partial charge in [0.25, 0.3) is 11.8 Å². The molecule has 0 radical (unpaired) electrons. The summed E-state index contributed by atoms with van der Waals surface area (Å²) in [5.41, 5.74) is 1.11. The molecule has 1 aliphatic rings. The van der Waals surface area contributed by atoms with Crippen molar-refractivity contribution >= 4 is 52.5 Å². The number of amides is 2. The number of pyridine rings is 1. The summed E-state index contributed by atoms with van der Waals surface area (Å²) in [5.74, 6) is -1.21. The summed E-state index contributed by atoms with van der Waals surface area (Å²) < 4.78 is 39.2. The zero-order valence-electron chi connectivity index (χ0n) is 20.2. The van der Waals surface area contributed by atoms with E-state index in [1.54, 1.807) is 25.1 Å². The van der Waals surface area contributed by atoms with E-state index in [4.69, 9.17) is 11.6 Å².